The molecule has 3 aliphatic rings. The molecular formula is C38H52N6O15. The maximum Gasteiger partial charge on any atom is 0.305 e. The quantitative estimate of drug-likeness (QED) is 0.0421. The van der Waals surface area contributed by atoms with Gasteiger partial charge in [-0.1, -0.05) is 0 Å². The molecule has 0 bridgehead atoms. The van der Waals surface area contributed by atoms with E-state index < -0.39 is 46.8 Å². The summed E-state index contributed by atoms with van der Waals surface area (Å²) < 4.78 is 23.7. The maximum absolute atomic E-state index is 12.3. The van der Waals surface area contributed by atoms with Crippen LogP contribution in [0.5, 0.6) is 0 Å². The van der Waals surface area contributed by atoms with Gasteiger partial charge in [0.15, 0.2) is 0 Å². The van der Waals surface area contributed by atoms with E-state index in [9.17, 15) is 47.9 Å². The Morgan fingerprint density at radius 3 is 1.00 bits per heavy atom. The van der Waals surface area contributed by atoms with Crippen molar-refractivity contribution in [3.8, 4) is 0 Å². The van der Waals surface area contributed by atoms with E-state index in [4.69, 9.17) is 24.1 Å². The summed E-state index contributed by atoms with van der Waals surface area (Å²) in [4.78, 5) is 121. The highest BCUT2D eigenvalue weighted by atomic mass is 16.5. The molecule has 0 saturated carbocycles. The van der Waals surface area contributed by atoms with Gasteiger partial charge < -0.3 is 40.0 Å². The molecule has 0 aromatic rings. The molecule has 0 aromatic carbocycles. The fourth-order valence-electron chi connectivity index (χ4n) is 5.63. The molecule has 324 valence electrons. The number of ether oxygens (including phenoxy) is 4. The summed E-state index contributed by atoms with van der Waals surface area (Å²) in [5, 5.41) is 17.3. The van der Waals surface area contributed by atoms with Crippen molar-refractivity contribution in [3.05, 3.63) is 36.5 Å². The molecule has 59 heavy (non-hydrogen) atoms. The third-order valence-electron chi connectivity index (χ3n) is 8.85. The van der Waals surface area contributed by atoms with Crippen molar-refractivity contribution in [1.82, 2.24) is 30.7 Å². The Hall–Kier alpha value is -5.64. The fourth-order valence-corrected chi connectivity index (χ4v) is 5.63. The van der Waals surface area contributed by atoms with Crippen molar-refractivity contribution < 1.29 is 72.0 Å². The van der Waals surface area contributed by atoms with Gasteiger partial charge in [0.05, 0.1) is 44.9 Å². The molecule has 3 rings (SSSR count). The van der Waals surface area contributed by atoms with Crippen LogP contribution >= 0.6 is 0 Å². The third-order valence-corrected chi connectivity index (χ3v) is 8.85. The van der Waals surface area contributed by atoms with Gasteiger partial charge in [-0.05, 0) is 19.3 Å². The number of hydrogen-bond donors (Lipinski definition) is 4. The highest BCUT2D eigenvalue weighted by Crippen LogP contribution is 2.21. The minimum atomic E-state index is -1.05. The summed E-state index contributed by atoms with van der Waals surface area (Å²) in [6.45, 7) is 1.19. The first-order valence-corrected chi connectivity index (χ1v) is 19.2. The number of nitrogens with zero attached hydrogens (tertiary/aromatic N) is 3. The van der Waals surface area contributed by atoms with E-state index in [0.717, 1.165) is 51.2 Å². The van der Waals surface area contributed by atoms with Gasteiger partial charge in [-0.15, -0.1) is 0 Å². The van der Waals surface area contributed by atoms with Crippen molar-refractivity contribution in [3.63, 3.8) is 0 Å². The smallest absolute Gasteiger partial charge is 0.305 e. The maximum atomic E-state index is 12.3. The fraction of sp³-hybridized carbons (Fsp3) is 0.579. The SMILES string of the molecule is O=C(O)CCOCC(COCCCNC(=O)CCN1C(=O)C=CC1=O)(COCCCNC(=O)CCN1C(=O)C=CC1=O)COCCCNC(=O)CCN1C(=O)C=CC1=O. The first-order chi connectivity index (χ1) is 28.3. The van der Waals surface area contributed by atoms with Crippen LogP contribution in [0.15, 0.2) is 36.5 Å². The van der Waals surface area contributed by atoms with E-state index in [2.05, 4.69) is 16.0 Å². The Labute approximate surface area is 340 Å². The Kier molecular flexibility index (Phi) is 20.8. The summed E-state index contributed by atoms with van der Waals surface area (Å²) in [6, 6.07) is 0. The van der Waals surface area contributed by atoms with Gasteiger partial charge >= 0.3 is 5.97 Å². The van der Waals surface area contributed by atoms with E-state index in [1.807, 2.05) is 0 Å². The lowest BCUT2D eigenvalue weighted by atomic mass is 9.92. The van der Waals surface area contributed by atoms with Gasteiger partial charge in [-0.2, -0.15) is 0 Å². The van der Waals surface area contributed by atoms with Crippen LogP contribution in [0, 0.1) is 5.41 Å². The highest BCUT2D eigenvalue weighted by Gasteiger charge is 2.33. The van der Waals surface area contributed by atoms with E-state index in [1.54, 1.807) is 0 Å². The molecule has 21 heteroatoms. The monoisotopic (exact) mass is 832 g/mol. The van der Waals surface area contributed by atoms with E-state index in [-0.39, 0.29) is 136 Å². The molecule has 0 saturated heterocycles. The molecule has 3 heterocycles. The minimum Gasteiger partial charge on any atom is -0.481 e. The predicted molar refractivity (Wildman–Crippen MR) is 202 cm³/mol. The lowest BCUT2D eigenvalue weighted by molar-refractivity contribution is -0.140. The van der Waals surface area contributed by atoms with Crippen LogP contribution in [0.4, 0.5) is 0 Å². The number of carboxylic acids is 1. The summed E-state index contributed by atoms with van der Waals surface area (Å²) in [5.41, 5.74) is -0.942. The number of amides is 9. The van der Waals surface area contributed by atoms with Gasteiger partial charge in [-0.25, -0.2) is 0 Å². The molecule has 3 aliphatic heterocycles. The zero-order valence-electron chi connectivity index (χ0n) is 32.8. The minimum absolute atomic E-state index is 0.0150. The number of rotatable bonds is 32. The molecule has 0 atom stereocenters. The van der Waals surface area contributed by atoms with Crippen LogP contribution in [0.25, 0.3) is 0 Å². The molecular weight excluding hydrogens is 780 g/mol. The molecule has 0 radical (unpaired) electrons. The Balaban J connectivity index is 1.46. The zero-order valence-corrected chi connectivity index (χ0v) is 32.8. The Morgan fingerprint density at radius 1 is 0.458 bits per heavy atom. The summed E-state index contributed by atoms with van der Waals surface area (Å²) in [6.07, 6.45) is 7.64. The van der Waals surface area contributed by atoms with Crippen LogP contribution in [0.2, 0.25) is 0 Å². The Bertz CT molecular complexity index is 1420. The summed E-state index contributed by atoms with van der Waals surface area (Å²) >= 11 is 0. The van der Waals surface area contributed by atoms with E-state index >= 15 is 0 Å². The van der Waals surface area contributed by atoms with Crippen molar-refractivity contribution in [2.45, 2.75) is 44.9 Å². The van der Waals surface area contributed by atoms with Crippen molar-refractivity contribution in [1.29, 1.82) is 0 Å². The van der Waals surface area contributed by atoms with Crippen LogP contribution < -0.4 is 16.0 Å². The Morgan fingerprint density at radius 2 is 0.729 bits per heavy atom. The van der Waals surface area contributed by atoms with Crippen LogP contribution in [0.1, 0.15) is 44.9 Å². The number of nitrogens with one attached hydrogen (secondary N) is 3. The first-order valence-electron chi connectivity index (χ1n) is 19.2. The molecule has 9 amide bonds. The number of hydrogen-bond acceptors (Lipinski definition) is 14. The number of carboxylic acid groups (broad SMARTS) is 1. The second-order valence-corrected chi connectivity index (χ2v) is 13.7. The number of imide groups is 3. The lowest BCUT2D eigenvalue weighted by Crippen LogP contribution is -2.42. The standard InChI is InChI=1S/C38H52N6O15/c45-28(10-17-42-31(48)4-5-32(42)49)39-14-1-20-56-24-38(27-59-23-13-37(54)55,25-57-21-2-15-40-29(46)11-18-43-33(50)6-7-34(43)51)26-58-22-3-16-41-30(47)12-19-44-35(52)8-9-36(44)53/h4-9H,1-3,10-27H2,(H,39,45)(H,40,46)(H,41,47)(H,54,55). The normalized spacial score (nSPS) is 15.0. The molecule has 0 fully saturated rings. The molecule has 4 N–H and O–H groups in total. The van der Waals surface area contributed by atoms with Gasteiger partial charge in [-0.3, -0.25) is 62.6 Å². The van der Waals surface area contributed by atoms with Gasteiger partial charge in [0.25, 0.3) is 35.4 Å². The van der Waals surface area contributed by atoms with Gasteiger partial charge in [0.2, 0.25) is 17.7 Å². The largest absolute Gasteiger partial charge is 0.481 e. The second kappa shape index (κ2) is 25.7. The summed E-state index contributed by atoms with van der Waals surface area (Å²) in [5.74, 6) is -4.94. The lowest BCUT2D eigenvalue weighted by Gasteiger charge is -2.33. The second-order valence-electron chi connectivity index (χ2n) is 13.7. The molecule has 0 aromatic heterocycles. The van der Waals surface area contributed by atoms with Gasteiger partial charge in [0, 0.05) is 115 Å². The van der Waals surface area contributed by atoms with E-state index in [1.165, 1.54) is 0 Å². The van der Waals surface area contributed by atoms with Crippen LogP contribution in [-0.4, -0.2) is 171 Å². The van der Waals surface area contributed by atoms with Crippen molar-refractivity contribution in [2.75, 3.05) is 92.1 Å². The predicted octanol–water partition coefficient (Wildman–Crippen LogP) is -2.02. The average molecular weight is 833 g/mol. The van der Waals surface area contributed by atoms with Crippen LogP contribution in [-0.2, 0) is 66.9 Å². The molecule has 0 aliphatic carbocycles. The number of carbonyl (C=O) groups excluding carboxylic acids is 9. The summed E-state index contributed by atoms with van der Waals surface area (Å²) in [7, 11) is 0. The van der Waals surface area contributed by atoms with Gasteiger partial charge in [0.1, 0.15) is 0 Å². The number of aliphatic carboxylic acids is 1. The average Bonchev–Trinajstić information content (AvgIpc) is 3.83. The van der Waals surface area contributed by atoms with E-state index in [0.29, 0.717) is 19.3 Å². The molecule has 0 spiro atoms. The molecule has 0 unspecified atom stereocenters. The van der Waals surface area contributed by atoms with Crippen LogP contribution in [0.3, 0.4) is 0 Å². The topological polar surface area (TPSA) is 274 Å². The first kappa shape index (κ1) is 47.7. The van der Waals surface area contributed by atoms with Crippen molar-refractivity contribution in [2.24, 2.45) is 5.41 Å². The van der Waals surface area contributed by atoms with Crippen molar-refractivity contribution >= 4 is 59.1 Å². The number of carbonyl (C=O) groups is 10. The molecule has 21 nitrogen and oxygen atoms in total. The highest BCUT2D eigenvalue weighted by molar-refractivity contribution is 6.14. The third kappa shape index (κ3) is 17.8. The zero-order chi connectivity index (χ0) is 43.0.